The van der Waals surface area contributed by atoms with E-state index in [0.717, 1.165) is 36.8 Å². The second kappa shape index (κ2) is 8.91. The molecule has 0 radical (unpaired) electrons. The van der Waals surface area contributed by atoms with Crippen molar-refractivity contribution in [2.75, 3.05) is 19.4 Å². The molecule has 1 saturated carbocycles. The molecule has 5 heteroatoms. The van der Waals surface area contributed by atoms with Crippen LogP contribution in [-0.4, -0.2) is 41.9 Å². The summed E-state index contributed by atoms with van der Waals surface area (Å²) in [5, 5.41) is 3.06. The monoisotopic (exact) mass is 379 g/mol. The number of benzene rings is 2. The van der Waals surface area contributed by atoms with Gasteiger partial charge in [0, 0.05) is 37.9 Å². The zero-order valence-corrected chi connectivity index (χ0v) is 16.9. The highest BCUT2D eigenvalue weighted by atomic mass is 16.2. The molecule has 2 aromatic carbocycles. The van der Waals surface area contributed by atoms with E-state index in [2.05, 4.69) is 17.4 Å². The summed E-state index contributed by atoms with van der Waals surface area (Å²) in [6.07, 6.45) is 4.40. The minimum absolute atomic E-state index is 0.0643. The molecular weight excluding hydrogens is 350 g/mol. The normalized spacial score (nSPS) is 14.0. The highest BCUT2D eigenvalue weighted by Crippen LogP contribution is 2.27. The topological polar surface area (TPSA) is 52.7 Å². The van der Waals surface area contributed by atoms with Gasteiger partial charge in [-0.05, 0) is 43.0 Å². The maximum absolute atomic E-state index is 13.2. The Bertz CT molecular complexity index is 827. The van der Waals surface area contributed by atoms with Gasteiger partial charge in [0.2, 0.25) is 0 Å². The van der Waals surface area contributed by atoms with E-state index in [4.69, 9.17) is 0 Å². The van der Waals surface area contributed by atoms with Crippen LogP contribution >= 0.6 is 0 Å². The molecule has 3 amide bonds. The number of amides is 3. The van der Waals surface area contributed by atoms with Gasteiger partial charge in [0.25, 0.3) is 5.91 Å². The van der Waals surface area contributed by atoms with Crippen molar-refractivity contribution in [1.29, 1.82) is 0 Å². The largest absolute Gasteiger partial charge is 0.345 e. The fourth-order valence-electron chi connectivity index (χ4n) is 3.79. The fraction of sp³-hybridized carbons (Fsp3) is 0.391. The quantitative estimate of drug-likeness (QED) is 0.820. The Morgan fingerprint density at radius 3 is 2.32 bits per heavy atom. The minimum atomic E-state index is -0.103. The summed E-state index contributed by atoms with van der Waals surface area (Å²) in [5.41, 5.74) is 3.21. The number of nitrogens with zero attached hydrogens (tertiary/aromatic N) is 2. The van der Waals surface area contributed by atoms with Crippen molar-refractivity contribution >= 4 is 17.6 Å². The van der Waals surface area contributed by atoms with Gasteiger partial charge < -0.3 is 15.1 Å². The van der Waals surface area contributed by atoms with Crippen LogP contribution in [0.1, 0.15) is 47.2 Å². The summed E-state index contributed by atoms with van der Waals surface area (Å²) < 4.78 is 0. The lowest BCUT2D eigenvalue weighted by Crippen LogP contribution is -2.41. The van der Waals surface area contributed by atoms with E-state index in [0.29, 0.717) is 17.8 Å². The van der Waals surface area contributed by atoms with Crippen LogP contribution < -0.4 is 5.32 Å². The summed E-state index contributed by atoms with van der Waals surface area (Å²) in [4.78, 5) is 29.1. The number of hydrogen-bond acceptors (Lipinski definition) is 2. The van der Waals surface area contributed by atoms with E-state index < -0.39 is 0 Å². The summed E-state index contributed by atoms with van der Waals surface area (Å²) in [5.74, 6) is -0.0643. The average molecular weight is 380 g/mol. The van der Waals surface area contributed by atoms with Gasteiger partial charge in [-0.15, -0.1) is 0 Å². The zero-order valence-electron chi connectivity index (χ0n) is 16.9. The highest BCUT2D eigenvalue weighted by Gasteiger charge is 2.27. The van der Waals surface area contributed by atoms with Crippen LogP contribution in [0.5, 0.6) is 0 Å². The lowest BCUT2D eigenvalue weighted by Gasteiger charge is -2.30. The molecule has 0 heterocycles. The molecule has 1 aliphatic carbocycles. The maximum atomic E-state index is 13.2. The molecule has 0 aromatic heterocycles. The SMILES string of the molecule is Cc1c(NC(=O)N(Cc2ccccc2)C2CCCC2)cccc1C(=O)N(C)C. The standard InChI is InChI=1S/C23H29N3O2/c1-17-20(22(27)25(2)3)14-9-15-21(17)24-23(28)26(19-12-7-8-13-19)16-18-10-5-4-6-11-18/h4-6,9-11,14-15,19H,7-8,12-13,16H2,1-3H3,(H,24,28). The predicted molar refractivity (Wildman–Crippen MR) is 112 cm³/mol. The van der Waals surface area contributed by atoms with E-state index in [1.165, 1.54) is 0 Å². The number of nitrogens with one attached hydrogen (secondary N) is 1. The van der Waals surface area contributed by atoms with Crippen molar-refractivity contribution in [2.24, 2.45) is 0 Å². The Morgan fingerprint density at radius 1 is 1.00 bits per heavy atom. The Kier molecular flexibility index (Phi) is 6.34. The molecule has 0 saturated heterocycles. The van der Waals surface area contributed by atoms with Crippen molar-refractivity contribution in [3.05, 3.63) is 65.2 Å². The molecule has 5 nitrogen and oxygen atoms in total. The van der Waals surface area contributed by atoms with Gasteiger partial charge >= 0.3 is 6.03 Å². The van der Waals surface area contributed by atoms with Crippen LogP contribution in [0.2, 0.25) is 0 Å². The van der Waals surface area contributed by atoms with Gasteiger partial charge in [-0.25, -0.2) is 4.79 Å². The van der Waals surface area contributed by atoms with Gasteiger partial charge in [-0.1, -0.05) is 49.2 Å². The van der Waals surface area contributed by atoms with Crippen LogP contribution in [0.3, 0.4) is 0 Å². The van der Waals surface area contributed by atoms with Crippen LogP contribution in [0.4, 0.5) is 10.5 Å². The molecule has 0 spiro atoms. The third kappa shape index (κ3) is 4.53. The lowest BCUT2D eigenvalue weighted by molar-refractivity contribution is 0.0827. The molecule has 3 rings (SSSR count). The summed E-state index contributed by atoms with van der Waals surface area (Å²) >= 11 is 0. The van der Waals surface area contributed by atoms with Crippen molar-refractivity contribution in [2.45, 2.75) is 45.2 Å². The Hall–Kier alpha value is -2.82. The second-order valence-corrected chi connectivity index (χ2v) is 7.66. The Morgan fingerprint density at radius 2 is 1.68 bits per heavy atom. The third-order valence-electron chi connectivity index (χ3n) is 5.43. The Labute approximate surface area is 167 Å². The smallest absolute Gasteiger partial charge is 0.322 e. The molecule has 2 aromatic rings. The second-order valence-electron chi connectivity index (χ2n) is 7.66. The number of hydrogen-bond donors (Lipinski definition) is 1. The predicted octanol–water partition coefficient (Wildman–Crippen LogP) is 4.67. The molecule has 0 unspecified atom stereocenters. The van der Waals surface area contributed by atoms with Crippen molar-refractivity contribution in [1.82, 2.24) is 9.80 Å². The third-order valence-corrected chi connectivity index (χ3v) is 5.43. The molecule has 1 fully saturated rings. The highest BCUT2D eigenvalue weighted by molar-refractivity contribution is 5.98. The number of anilines is 1. The van der Waals surface area contributed by atoms with Crippen molar-refractivity contribution in [3.8, 4) is 0 Å². The number of rotatable bonds is 5. The van der Waals surface area contributed by atoms with Crippen LogP contribution in [0, 0.1) is 6.92 Å². The molecule has 1 aliphatic rings. The van der Waals surface area contributed by atoms with Gasteiger partial charge in [-0.3, -0.25) is 4.79 Å². The van der Waals surface area contributed by atoms with Gasteiger partial charge in [0.1, 0.15) is 0 Å². The molecule has 1 N–H and O–H groups in total. The molecular formula is C23H29N3O2. The van der Waals surface area contributed by atoms with E-state index in [1.54, 1.807) is 25.1 Å². The van der Waals surface area contributed by atoms with Gasteiger partial charge in [0.05, 0.1) is 0 Å². The first-order valence-electron chi connectivity index (χ1n) is 9.90. The minimum Gasteiger partial charge on any atom is -0.345 e. The number of urea groups is 1. The van der Waals surface area contributed by atoms with Crippen LogP contribution in [-0.2, 0) is 6.54 Å². The van der Waals surface area contributed by atoms with Crippen LogP contribution in [0.15, 0.2) is 48.5 Å². The zero-order chi connectivity index (χ0) is 20.1. The lowest BCUT2D eigenvalue weighted by atomic mass is 10.1. The maximum Gasteiger partial charge on any atom is 0.322 e. The molecule has 0 atom stereocenters. The van der Waals surface area contributed by atoms with E-state index in [-0.39, 0.29) is 18.0 Å². The molecule has 0 aliphatic heterocycles. The molecule has 148 valence electrons. The first-order valence-corrected chi connectivity index (χ1v) is 9.90. The van der Waals surface area contributed by atoms with Crippen molar-refractivity contribution in [3.63, 3.8) is 0 Å². The van der Waals surface area contributed by atoms with Crippen LogP contribution in [0.25, 0.3) is 0 Å². The Balaban J connectivity index is 1.82. The van der Waals surface area contributed by atoms with E-state index >= 15 is 0 Å². The summed E-state index contributed by atoms with van der Waals surface area (Å²) in [7, 11) is 3.46. The summed E-state index contributed by atoms with van der Waals surface area (Å²) in [6.45, 7) is 2.47. The number of carbonyl (C=O) groups excluding carboxylic acids is 2. The summed E-state index contributed by atoms with van der Waals surface area (Å²) in [6, 6.07) is 15.7. The molecule has 28 heavy (non-hydrogen) atoms. The number of carbonyl (C=O) groups is 2. The van der Waals surface area contributed by atoms with E-state index in [9.17, 15) is 9.59 Å². The average Bonchev–Trinajstić information content (AvgIpc) is 3.22. The first kappa shape index (κ1) is 19.9. The van der Waals surface area contributed by atoms with E-state index in [1.807, 2.05) is 42.2 Å². The first-order chi connectivity index (χ1) is 13.5. The van der Waals surface area contributed by atoms with Gasteiger partial charge in [-0.2, -0.15) is 0 Å². The van der Waals surface area contributed by atoms with Gasteiger partial charge in [0.15, 0.2) is 0 Å². The van der Waals surface area contributed by atoms with Crippen molar-refractivity contribution < 1.29 is 9.59 Å². The fourth-order valence-corrected chi connectivity index (χ4v) is 3.79. The molecule has 0 bridgehead atoms.